The van der Waals surface area contributed by atoms with Gasteiger partial charge < -0.3 is 22.1 Å². The van der Waals surface area contributed by atoms with Crippen molar-refractivity contribution in [2.75, 3.05) is 6.54 Å². The molecule has 1 fully saturated rings. The Labute approximate surface area is 221 Å². The van der Waals surface area contributed by atoms with Crippen LogP contribution in [0.2, 0.25) is 0 Å². The summed E-state index contributed by atoms with van der Waals surface area (Å²) in [7, 11) is 0. The number of hydrogen-bond acceptors (Lipinski definition) is 5. The summed E-state index contributed by atoms with van der Waals surface area (Å²) in [6, 6.07) is 13.9. The number of nitrogens with zero attached hydrogens (tertiary/aromatic N) is 1. The van der Waals surface area contributed by atoms with Gasteiger partial charge >= 0.3 is 0 Å². The second kappa shape index (κ2) is 12.2. The fourth-order valence-electron chi connectivity index (χ4n) is 3.85. The van der Waals surface area contributed by atoms with Gasteiger partial charge in [0.05, 0.1) is 11.4 Å². The third-order valence-electron chi connectivity index (χ3n) is 6.09. The highest BCUT2D eigenvalue weighted by atomic mass is 35.5. The Kier molecular flexibility index (Phi) is 9.08. The van der Waals surface area contributed by atoms with Crippen LogP contribution in [0.4, 0.5) is 0 Å². The van der Waals surface area contributed by atoms with Gasteiger partial charge in [-0.25, -0.2) is 0 Å². The first kappa shape index (κ1) is 27.5. The Hall–Kier alpha value is -4.11. The van der Waals surface area contributed by atoms with Gasteiger partial charge in [0.25, 0.3) is 5.91 Å². The Morgan fingerprint density at radius 2 is 1.68 bits per heavy atom. The largest absolute Gasteiger partial charge is 0.384 e. The highest BCUT2D eigenvalue weighted by Gasteiger charge is 2.28. The maximum atomic E-state index is 13.6. The van der Waals surface area contributed by atoms with E-state index < -0.39 is 11.8 Å². The van der Waals surface area contributed by atoms with E-state index >= 15 is 0 Å². The molecule has 0 aromatic heterocycles. The fourth-order valence-corrected chi connectivity index (χ4v) is 4.06. The van der Waals surface area contributed by atoms with Gasteiger partial charge in [0.15, 0.2) is 0 Å². The Bertz CT molecular complexity index is 1250. The van der Waals surface area contributed by atoms with Crippen LogP contribution in [0.15, 0.2) is 65.8 Å². The molecule has 3 rings (SSSR count). The number of hydrogen-bond donors (Lipinski definition) is 6. The molecule has 2 amide bonds. The summed E-state index contributed by atoms with van der Waals surface area (Å²) in [5.74, 6) is -1.05. The highest BCUT2D eigenvalue weighted by Crippen LogP contribution is 2.28. The lowest BCUT2D eigenvalue weighted by Crippen LogP contribution is -2.44. The third-order valence-corrected chi connectivity index (χ3v) is 6.27. The van der Waals surface area contributed by atoms with E-state index in [9.17, 15) is 9.59 Å². The normalized spacial score (nSPS) is 13.6. The number of amides is 2. The van der Waals surface area contributed by atoms with Gasteiger partial charge in [-0.3, -0.25) is 25.3 Å². The van der Waals surface area contributed by atoms with E-state index in [1.807, 2.05) is 0 Å². The van der Waals surface area contributed by atoms with Crippen molar-refractivity contribution in [1.29, 1.82) is 10.8 Å². The summed E-state index contributed by atoms with van der Waals surface area (Å²) >= 11 is 6.49. The van der Waals surface area contributed by atoms with Crippen molar-refractivity contribution < 1.29 is 9.59 Å². The van der Waals surface area contributed by atoms with Gasteiger partial charge in [0.1, 0.15) is 18.2 Å². The number of carbonyl (C=O) groups is 2. The van der Waals surface area contributed by atoms with Crippen LogP contribution in [0.25, 0.3) is 5.70 Å². The van der Waals surface area contributed by atoms with Crippen molar-refractivity contribution in [2.24, 2.45) is 11.5 Å². The summed E-state index contributed by atoms with van der Waals surface area (Å²) in [4.78, 5) is 27.9. The van der Waals surface area contributed by atoms with Crippen LogP contribution >= 0.6 is 11.6 Å². The maximum absolute atomic E-state index is 13.6. The Morgan fingerprint density at radius 1 is 1.05 bits per heavy atom. The lowest BCUT2D eigenvalue weighted by atomic mass is 9.93. The predicted octanol–water partition coefficient (Wildman–Crippen LogP) is 2.98. The van der Waals surface area contributed by atoms with E-state index in [0.29, 0.717) is 22.4 Å². The highest BCUT2D eigenvalue weighted by molar-refractivity contribution is 6.32. The molecule has 1 aliphatic carbocycles. The van der Waals surface area contributed by atoms with Crippen LogP contribution in [0.1, 0.15) is 48.4 Å². The molecular weight excluding hydrogens is 490 g/mol. The van der Waals surface area contributed by atoms with Crippen molar-refractivity contribution in [1.82, 2.24) is 15.5 Å². The van der Waals surface area contributed by atoms with Gasteiger partial charge in [-0.05, 0) is 37.8 Å². The lowest BCUT2D eigenvalue weighted by molar-refractivity contribution is -0.130. The number of carbonyl (C=O) groups excluding carboxylic acids is 2. The van der Waals surface area contributed by atoms with Crippen molar-refractivity contribution in [3.05, 3.63) is 88.1 Å². The second-order valence-corrected chi connectivity index (χ2v) is 9.47. The van der Waals surface area contributed by atoms with Crippen molar-refractivity contribution in [3.8, 4) is 0 Å². The minimum atomic E-state index is -0.476. The number of nitrogens with two attached hydrogens (primary N) is 2. The smallest absolute Gasteiger partial charge is 0.274 e. The van der Waals surface area contributed by atoms with E-state index in [1.54, 1.807) is 55.5 Å². The molecule has 0 atom stereocenters. The standard InChI is InChI=1S/C27H32ClN7O2/c1-16(28)24(20-5-3-6-21(13-20)26(31)32)35(27(37)17(2)34-22-7-4-8-22)15-23(36)33-14-18-9-11-19(12-10-18)25(29)30/h3,5-6,9-13,22,34H,2,4,7-8,14-15H2,1H3,(H3,29,30)(H3,31,32)(H,33,36)/b24-16+. The molecule has 8 N–H and O–H groups in total. The maximum Gasteiger partial charge on any atom is 0.274 e. The molecular formula is C27H32ClN7O2. The van der Waals surface area contributed by atoms with Crippen LogP contribution in [0.3, 0.4) is 0 Å². The van der Waals surface area contributed by atoms with Crippen molar-refractivity contribution >= 4 is 40.8 Å². The molecule has 0 aliphatic heterocycles. The zero-order valence-corrected chi connectivity index (χ0v) is 21.5. The molecule has 0 saturated heterocycles. The van der Waals surface area contributed by atoms with E-state index in [-0.39, 0.29) is 41.5 Å². The molecule has 0 spiro atoms. The SMILES string of the molecule is C=C(NC1CCC1)C(=O)N(CC(=O)NCc1ccc(C(=N)N)cc1)/C(=C(\C)Cl)c1cccc(C(=N)N)c1. The fraction of sp³-hybridized carbons (Fsp3) is 0.259. The molecule has 0 heterocycles. The van der Waals surface area contributed by atoms with E-state index in [0.717, 1.165) is 24.8 Å². The third kappa shape index (κ3) is 7.20. The number of nitrogens with one attached hydrogen (secondary N) is 4. The van der Waals surface area contributed by atoms with Crippen LogP contribution < -0.4 is 22.1 Å². The molecule has 2 aromatic carbocycles. The van der Waals surface area contributed by atoms with Gasteiger partial charge in [0.2, 0.25) is 5.91 Å². The molecule has 194 valence electrons. The van der Waals surface area contributed by atoms with Crippen molar-refractivity contribution in [3.63, 3.8) is 0 Å². The zero-order valence-electron chi connectivity index (χ0n) is 20.7. The average Bonchev–Trinajstić information content (AvgIpc) is 2.84. The predicted molar refractivity (Wildman–Crippen MR) is 147 cm³/mol. The van der Waals surface area contributed by atoms with E-state index in [4.69, 9.17) is 33.9 Å². The topological polar surface area (TPSA) is 161 Å². The minimum absolute atomic E-state index is 0.0370. The van der Waals surface area contributed by atoms with Crippen LogP contribution in [0.5, 0.6) is 0 Å². The summed E-state index contributed by atoms with van der Waals surface area (Å²) in [6.45, 7) is 5.47. The van der Waals surface area contributed by atoms with Gasteiger partial charge in [-0.2, -0.15) is 0 Å². The lowest BCUT2D eigenvalue weighted by Gasteiger charge is -2.31. The minimum Gasteiger partial charge on any atom is -0.384 e. The first-order valence-corrected chi connectivity index (χ1v) is 12.2. The van der Waals surface area contributed by atoms with E-state index in [1.165, 1.54) is 4.90 Å². The molecule has 0 unspecified atom stereocenters. The first-order chi connectivity index (χ1) is 17.6. The summed E-state index contributed by atoms with van der Waals surface area (Å²) in [6.07, 6.45) is 2.99. The molecule has 10 heteroatoms. The average molecular weight is 522 g/mol. The zero-order chi connectivity index (χ0) is 27.1. The van der Waals surface area contributed by atoms with Crippen LogP contribution in [-0.2, 0) is 16.1 Å². The molecule has 2 aromatic rings. The molecule has 0 radical (unpaired) electrons. The second-order valence-electron chi connectivity index (χ2n) is 8.91. The van der Waals surface area contributed by atoms with Gasteiger partial charge in [0, 0.05) is 34.3 Å². The van der Waals surface area contributed by atoms with Crippen LogP contribution in [-0.4, -0.2) is 41.0 Å². The number of halogens is 1. The van der Waals surface area contributed by atoms with E-state index in [2.05, 4.69) is 17.2 Å². The quantitative estimate of drug-likeness (QED) is 0.152. The van der Waals surface area contributed by atoms with Crippen molar-refractivity contribution in [2.45, 2.75) is 38.8 Å². The molecule has 0 bridgehead atoms. The van der Waals surface area contributed by atoms with Gasteiger partial charge in [-0.15, -0.1) is 0 Å². The number of rotatable bonds is 11. The van der Waals surface area contributed by atoms with Gasteiger partial charge in [-0.1, -0.05) is 60.6 Å². The molecule has 37 heavy (non-hydrogen) atoms. The number of amidine groups is 2. The monoisotopic (exact) mass is 521 g/mol. The molecule has 1 saturated carbocycles. The first-order valence-electron chi connectivity index (χ1n) is 11.9. The van der Waals surface area contributed by atoms with Crippen LogP contribution in [0, 0.1) is 10.8 Å². The number of allylic oxidation sites excluding steroid dienone is 1. The number of nitrogen functional groups attached to an aromatic ring is 2. The molecule has 9 nitrogen and oxygen atoms in total. The molecule has 1 aliphatic rings. The Morgan fingerprint density at radius 3 is 2.22 bits per heavy atom. The Balaban J connectivity index is 1.85. The summed E-state index contributed by atoms with van der Waals surface area (Å²) in [5.41, 5.74) is 14.1. The summed E-state index contributed by atoms with van der Waals surface area (Å²) < 4.78 is 0. The number of benzene rings is 2. The summed E-state index contributed by atoms with van der Waals surface area (Å²) in [5, 5.41) is 21.5.